The van der Waals surface area contributed by atoms with Crippen LogP contribution in [-0.2, 0) is 6.54 Å². The number of aromatic nitrogens is 2. The first-order valence-electron chi connectivity index (χ1n) is 6.18. The summed E-state index contributed by atoms with van der Waals surface area (Å²) in [5, 5.41) is 13.5. The first kappa shape index (κ1) is 13.2. The highest BCUT2D eigenvalue weighted by atomic mass is 16.1. The molecule has 1 amide bonds. The van der Waals surface area contributed by atoms with Crippen LogP contribution in [0.3, 0.4) is 0 Å². The Labute approximate surface area is 112 Å². The number of amides is 1. The van der Waals surface area contributed by atoms with E-state index in [1.165, 1.54) is 12.4 Å². The van der Waals surface area contributed by atoms with Crippen molar-refractivity contribution in [1.29, 1.82) is 0 Å². The van der Waals surface area contributed by atoms with Gasteiger partial charge in [-0.2, -0.15) is 10.2 Å². The fraction of sp³-hybridized carbons (Fsp3) is 0.214. The van der Waals surface area contributed by atoms with Gasteiger partial charge in [0.2, 0.25) is 0 Å². The molecular formula is C14H16N4O. The van der Waals surface area contributed by atoms with E-state index >= 15 is 0 Å². The summed E-state index contributed by atoms with van der Waals surface area (Å²) in [4.78, 5) is 12.0. The molecule has 0 bridgehead atoms. The number of hydrogen-bond acceptors (Lipinski definition) is 4. The van der Waals surface area contributed by atoms with Crippen LogP contribution in [0, 0.1) is 0 Å². The average molecular weight is 256 g/mol. The SMILES string of the molecule is CCNCc1ccccc1NC(=O)c1ccnnc1. The summed E-state index contributed by atoms with van der Waals surface area (Å²) in [6.45, 7) is 3.65. The minimum atomic E-state index is -0.182. The average Bonchev–Trinajstić information content (AvgIpc) is 2.47. The first-order valence-corrected chi connectivity index (χ1v) is 6.18. The highest BCUT2D eigenvalue weighted by Gasteiger charge is 2.08. The maximum absolute atomic E-state index is 12.0. The van der Waals surface area contributed by atoms with Gasteiger partial charge in [-0.25, -0.2) is 0 Å². The van der Waals surface area contributed by atoms with Crippen molar-refractivity contribution >= 4 is 11.6 Å². The van der Waals surface area contributed by atoms with E-state index in [-0.39, 0.29) is 5.91 Å². The molecular weight excluding hydrogens is 240 g/mol. The Hall–Kier alpha value is -2.27. The lowest BCUT2D eigenvalue weighted by Crippen LogP contribution is -2.17. The third kappa shape index (κ3) is 3.59. The maximum Gasteiger partial charge on any atom is 0.257 e. The number of rotatable bonds is 5. The molecule has 1 heterocycles. The molecule has 5 nitrogen and oxygen atoms in total. The van der Waals surface area contributed by atoms with Gasteiger partial charge in [0.25, 0.3) is 5.91 Å². The van der Waals surface area contributed by atoms with Crippen LogP contribution in [-0.4, -0.2) is 22.6 Å². The summed E-state index contributed by atoms with van der Waals surface area (Å²) in [5.74, 6) is -0.182. The zero-order chi connectivity index (χ0) is 13.5. The molecule has 98 valence electrons. The number of hydrogen-bond donors (Lipinski definition) is 2. The highest BCUT2D eigenvalue weighted by molar-refractivity contribution is 6.04. The predicted octanol–water partition coefficient (Wildman–Crippen LogP) is 1.84. The van der Waals surface area contributed by atoms with E-state index in [1.807, 2.05) is 31.2 Å². The van der Waals surface area contributed by atoms with Crippen LogP contribution in [0.4, 0.5) is 5.69 Å². The molecule has 0 unspecified atom stereocenters. The second kappa shape index (κ2) is 6.61. The standard InChI is InChI=1S/C14H16N4O/c1-2-15-9-11-5-3-4-6-13(11)18-14(19)12-7-8-16-17-10-12/h3-8,10,15H,2,9H2,1H3,(H,18,19). The Morgan fingerprint density at radius 3 is 2.79 bits per heavy atom. The van der Waals surface area contributed by atoms with Gasteiger partial charge >= 0.3 is 0 Å². The molecule has 0 aliphatic rings. The molecule has 0 saturated heterocycles. The molecule has 0 aliphatic carbocycles. The Morgan fingerprint density at radius 1 is 1.21 bits per heavy atom. The molecule has 0 fully saturated rings. The molecule has 0 radical (unpaired) electrons. The van der Waals surface area contributed by atoms with E-state index in [0.717, 1.165) is 24.3 Å². The monoisotopic (exact) mass is 256 g/mol. The van der Waals surface area contributed by atoms with Crippen molar-refractivity contribution in [3.8, 4) is 0 Å². The largest absolute Gasteiger partial charge is 0.322 e. The Kier molecular flexibility index (Phi) is 4.58. The van der Waals surface area contributed by atoms with Crippen LogP contribution in [0.5, 0.6) is 0 Å². The molecule has 5 heteroatoms. The first-order chi connectivity index (χ1) is 9.31. The third-order valence-electron chi connectivity index (χ3n) is 2.68. The van der Waals surface area contributed by atoms with E-state index < -0.39 is 0 Å². The van der Waals surface area contributed by atoms with Crippen LogP contribution < -0.4 is 10.6 Å². The van der Waals surface area contributed by atoms with Gasteiger partial charge in [-0.05, 0) is 24.2 Å². The minimum Gasteiger partial charge on any atom is -0.322 e. The molecule has 19 heavy (non-hydrogen) atoms. The summed E-state index contributed by atoms with van der Waals surface area (Å²) in [6.07, 6.45) is 2.95. The van der Waals surface area contributed by atoms with Crippen LogP contribution in [0.2, 0.25) is 0 Å². The van der Waals surface area contributed by atoms with Crippen molar-refractivity contribution in [1.82, 2.24) is 15.5 Å². The number of carbonyl (C=O) groups excluding carboxylic acids is 1. The van der Waals surface area contributed by atoms with Crippen LogP contribution >= 0.6 is 0 Å². The lowest BCUT2D eigenvalue weighted by Gasteiger charge is -2.11. The van der Waals surface area contributed by atoms with Gasteiger partial charge in [0.15, 0.2) is 0 Å². The summed E-state index contributed by atoms with van der Waals surface area (Å²) < 4.78 is 0. The molecule has 1 aromatic heterocycles. The van der Waals surface area contributed by atoms with Crippen molar-refractivity contribution in [3.63, 3.8) is 0 Å². The summed E-state index contributed by atoms with van der Waals surface area (Å²) in [7, 11) is 0. The lowest BCUT2D eigenvalue weighted by molar-refractivity contribution is 0.102. The van der Waals surface area contributed by atoms with Gasteiger partial charge in [-0.1, -0.05) is 25.1 Å². The molecule has 1 aromatic carbocycles. The van der Waals surface area contributed by atoms with E-state index in [0.29, 0.717) is 5.56 Å². The van der Waals surface area contributed by atoms with E-state index in [4.69, 9.17) is 0 Å². The molecule has 0 spiro atoms. The highest BCUT2D eigenvalue weighted by Crippen LogP contribution is 2.15. The fourth-order valence-electron chi connectivity index (χ4n) is 1.68. The number of benzene rings is 1. The van der Waals surface area contributed by atoms with Crippen molar-refractivity contribution in [3.05, 3.63) is 53.9 Å². The normalized spacial score (nSPS) is 10.2. The second-order valence-corrected chi connectivity index (χ2v) is 4.02. The number of carbonyl (C=O) groups is 1. The molecule has 2 aromatic rings. The van der Waals surface area contributed by atoms with Gasteiger partial charge < -0.3 is 10.6 Å². The molecule has 0 atom stereocenters. The summed E-state index contributed by atoms with van der Waals surface area (Å²) in [6, 6.07) is 9.36. The van der Waals surface area contributed by atoms with E-state index in [1.54, 1.807) is 6.07 Å². The molecule has 0 aliphatic heterocycles. The van der Waals surface area contributed by atoms with Gasteiger partial charge in [0, 0.05) is 12.2 Å². The second-order valence-electron chi connectivity index (χ2n) is 4.02. The van der Waals surface area contributed by atoms with Crippen molar-refractivity contribution in [2.75, 3.05) is 11.9 Å². The van der Waals surface area contributed by atoms with Gasteiger partial charge in [0.1, 0.15) is 0 Å². The number of para-hydroxylation sites is 1. The van der Waals surface area contributed by atoms with Gasteiger partial charge in [0.05, 0.1) is 18.0 Å². The van der Waals surface area contributed by atoms with Crippen LogP contribution in [0.15, 0.2) is 42.7 Å². The molecule has 0 saturated carbocycles. The van der Waals surface area contributed by atoms with Crippen LogP contribution in [0.25, 0.3) is 0 Å². The number of anilines is 1. The third-order valence-corrected chi connectivity index (χ3v) is 2.68. The summed E-state index contributed by atoms with van der Waals surface area (Å²) in [5.41, 5.74) is 2.36. The number of nitrogens with one attached hydrogen (secondary N) is 2. The minimum absolute atomic E-state index is 0.182. The van der Waals surface area contributed by atoms with Crippen molar-refractivity contribution < 1.29 is 4.79 Å². The Morgan fingerprint density at radius 2 is 2.05 bits per heavy atom. The van der Waals surface area contributed by atoms with Gasteiger partial charge in [-0.15, -0.1) is 0 Å². The molecule has 2 rings (SSSR count). The zero-order valence-corrected chi connectivity index (χ0v) is 10.8. The van der Waals surface area contributed by atoms with Crippen molar-refractivity contribution in [2.24, 2.45) is 0 Å². The lowest BCUT2D eigenvalue weighted by atomic mass is 10.1. The van der Waals surface area contributed by atoms with Crippen molar-refractivity contribution in [2.45, 2.75) is 13.5 Å². The van der Waals surface area contributed by atoms with Gasteiger partial charge in [-0.3, -0.25) is 4.79 Å². The fourth-order valence-corrected chi connectivity index (χ4v) is 1.68. The number of nitrogens with zero attached hydrogens (tertiary/aromatic N) is 2. The molecule has 2 N–H and O–H groups in total. The van der Waals surface area contributed by atoms with E-state index in [9.17, 15) is 4.79 Å². The van der Waals surface area contributed by atoms with E-state index in [2.05, 4.69) is 20.8 Å². The predicted molar refractivity (Wildman–Crippen MR) is 73.8 cm³/mol. The Balaban J connectivity index is 2.12. The Bertz CT molecular complexity index is 542. The quantitative estimate of drug-likeness (QED) is 0.856. The maximum atomic E-state index is 12.0. The summed E-state index contributed by atoms with van der Waals surface area (Å²) >= 11 is 0. The topological polar surface area (TPSA) is 66.9 Å². The smallest absolute Gasteiger partial charge is 0.257 e. The van der Waals surface area contributed by atoms with Crippen LogP contribution in [0.1, 0.15) is 22.8 Å². The zero-order valence-electron chi connectivity index (χ0n) is 10.8.